The summed E-state index contributed by atoms with van der Waals surface area (Å²) in [5, 5.41) is 3.56. The van der Waals surface area contributed by atoms with Crippen LogP contribution in [0.4, 0.5) is 10.5 Å². The maximum Gasteiger partial charge on any atom is 0.335 e. The molecule has 1 fully saturated rings. The standard InChI is InChI=1S/C32H23Cl3N2O6/c1-41-28-16-20(15-27(35)29(28)43-18-21-4-2-3-5-26(21)34)14-25-30(38)36-32(40)37(31(25)39)23-10-12-24(13-11-23)42-17-19-6-8-22(33)9-7-19/h2-16H,17-18H2,1H3,(H,36,38,40)/b25-14+. The third-order valence-electron chi connectivity index (χ3n) is 6.41. The molecule has 1 saturated heterocycles. The Bertz CT molecular complexity index is 1720. The highest BCUT2D eigenvalue weighted by Crippen LogP contribution is 2.38. The Kier molecular flexibility index (Phi) is 9.21. The van der Waals surface area contributed by atoms with E-state index in [-0.39, 0.29) is 34.4 Å². The van der Waals surface area contributed by atoms with Crippen molar-refractivity contribution in [2.45, 2.75) is 13.2 Å². The fraction of sp³-hybridized carbons (Fsp3) is 0.0938. The first-order valence-corrected chi connectivity index (χ1v) is 14.0. The first-order chi connectivity index (χ1) is 20.7. The molecule has 0 aromatic heterocycles. The number of urea groups is 1. The van der Waals surface area contributed by atoms with E-state index in [1.807, 2.05) is 30.3 Å². The molecule has 0 unspecified atom stereocenters. The van der Waals surface area contributed by atoms with Gasteiger partial charge in [0.05, 0.1) is 17.8 Å². The van der Waals surface area contributed by atoms with Gasteiger partial charge in [0.15, 0.2) is 11.5 Å². The summed E-state index contributed by atoms with van der Waals surface area (Å²) in [4.78, 5) is 39.7. The Morgan fingerprint density at radius 1 is 0.814 bits per heavy atom. The molecule has 11 heteroatoms. The second-order valence-corrected chi connectivity index (χ2v) is 10.5. The summed E-state index contributed by atoms with van der Waals surface area (Å²) in [5.41, 5.74) is 2.03. The fourth-order valence-corrected chi connectivity index (χ4v) is 4.82. The summed E-state index contributed by atoms with van der Waals surface area (Å²) >= 11 is 18.6. The molecule has 8 nitrogen and oxygen atoms in total. The summed E-state index contributed by atoms with van der Waals surface area (Å²) in [6.45, 7) is 0.440. The van der Waals surface area contributed by atoms with Crippen LogP contribution in [0, 0.1) is 0 Å². The van der Waals surface area contributed by atoms with Crippen LogP contribution in [-0.2, 0) is 22.8 Å². The number of imide groups is 2. The topological polar surface area (TPSA) is 94.2 Å². The molecule has 1 N–H and O–H groups in total. The van der Waals surface area contributed by atoms with Crippen LogP contribution in [0.15, 0.2) is 90.5 Å². The number of amides is 4. The highest BCUT2D eigenvalue weighted by molar-refractivity contribution is 6.39. The Morgan fingerprint density at radius 3 is 2.23 bits per heavy atom. The van der Waals surface area contributed by atoms with Gasteiger partial charge in [-0.2, -0.15) is 0 Å². The van der Waals surface area contributed by atoms with E-state index in [2.05, 4.69) is 5.32 Å². The Hall–Kier alpha value is -4.50. The molecule has 1 heterocycles. The second kappa shape index (κ2) is 13.2. The normalized spacial score (nSPS) is 14.1. The molecule has 4 aromatic carbocycles. The van der Waals surface area contributed by atoms with Gasteiger partial charge in [0, 0.05) is 15.6 Å². The molecule has 1 aliphatic heterocycles. The summed E-state index contributed by atoms with van der Waals surface area (Å²) in [7, 11) is 1.44. The summed E-state index contributed by atoms with van der Waals surface area (Å²) in [6.07, 6.45) is 1.33. The van der Waals surface area contributed by atoms with Crippen molar-refractivity contribution in [3.8, 4) is 17.2 Å². The van der Waals surface area contributed by atoms with Gasteiger partial charge in [-0.15, -0.1) is 0 Å². The number of anilines is 1. The van der Waals surface area contributed by atoms with Crippen molar-refractivity contribution < 1.29 is 28.6 Å². The zero-order chi connectivity index (χ0) is 30.5. The average Bonchev–Trinajstić information content (AvgIpc) is 2.99. The number of ether oxygens (including phenoxy) is 3. The van der Waals surface area contributed by atoms with Crippen LogP contribution in [0.2, 0.25) is 15.1 Å². The molecule has 1 aliphatic rings. The van der Waals surface area contributed by atoms with Gasteiger partial charge in [0.1, 0.15) is 24.5 Å². The molecule has 0 saturated carbocycles. The van der Waals surface area contributed by atoms with Crippen LogP contribution in [0.3, 0.4) is 0 Å². The molecule has 0 bridgehead atoms. The highest BCUT2D eigenvalue weighted by Gasteiger charge is 2.37. The highest BCUT2D eigenvalue weighted by atomic mass is 35.5. The summed E-state index contributed by atoms with van der Waals surface area (Å²) in [6, 6.07) is 23.0. The van der Waals surface area contributed by atoms with Crippen molar-refractivity contribution in [2.24, 2.45) is 0 Å². The van der Waals surface area contributed by atoms with Gasteiger partial charge in [-0.05, 0) is 71.8 Å². The monoisotopic (exact) mass is 636 g/mol. The number of halogens is 3. The quantitative estimate of drug-likeness (QED) is 0.151. The van der Waals surface area contributed by atoms with Crippen molar-refractivity contribution in [2.75, 3.05) is 12.0 Å². The number of carbonyl (C=O) groups excluding carboxylic acids is 3. The van der Waals surface area contributed by atoms with E-state index in [0.717, 1.165) is 16.0 Å². The molecule has 0 aliphatic carbocycles. The number of hydrogen-bond donors (Lipinski definition) is 1. The first-order valence-electron chi connectivity index (χ1n) is 12.9. The maximum absolute atomic E-state index is 13.4. The van der Waals surface area contributed by atoms with Crippen molar-refractivity contribution in [1.29, 1.82) is 0 Å². The molecule has 5 rings (SSSR count). The Labute approximate surface area is 262 Å². The van der Waals surface area contributed by atoms with E-state index >= 15 is 0 Å². The minimum Gasteiger partial charge on any atom is -0.493 e. The average molecular weight is 638 g/mol. The molecule has 4 amide bonds. The van der Waals surface area contributed by atoms with E-state index in [1.54, 1.807) is 48.5 Å². The van der Waals surface area contributed by atoms with Crippen molar-refractivity contribution in [3.63, 3.8) is 0 Å². The van der Waals surface area contributed by atoms with Crippen LogP contribution in [-0.4, -0.2) is 25.0 Å². The number of rotatable bonds is 9. The number of carbonyl (C=O) groups is 3. The number of methoxy groups -OCH3 is 1. The van der Waals surface area contributed by atoms with Gasteiger partial charge in [-0.1, -0.05) is 65.1 Å². The molecule has 0 spiro atoms. The fourth-order valence-electron chi connectivity index (χ4n) is 4.23. The third-order valence-corrected chi connectivity index (χ3v) is 7.31. The van der Waals surface area contributed by atoms with Gasteiger partial charge in [0.2, 0.25) is 0 Å². The van der Waals surface area contributed by atoms with Crippen molar-refractivity contribution >= 4 is 64.4 Å². The molecule has 0 radical (unpaired) electrons. The number of nitrogens with zero attached hydrogens (tertiary/aromatic N) is 1. The number of barbiturate groups is 1. The molecule has 4 aromatic rings. The smallest absolute Gasteiger partial charge is 0.335 e. The zero-order valence-corrected chi connectivity index (χ0v) is 24.9. The van der Waals surface area contributed by atoms with Gasteiger partial charge < -0.3 is 14.2 Å². The van der Waals surface area contributed by atoms with E-state index in [9.17, 15) is 14.4 Å². The van der Waals surface area contributed by atoms with Crippen LogP contribution in [0.5, 0.6) is 17.2 Å². The first kappa shape index (κ1) is 30.0. The van der Waals surface area contributed by atoms with Crippen LogP contribution in [0.1, 0.15) is 16.7 Å². The van der Waals surface area contributed by atoms with Crippen molar-refractivity contribution in [3.05, 3.63) is 122 Å². The van der Waals surface area contributed by atoms with Crippen LogP contribution < -0.4 is 24.4 Å². The van der Waals surface area contributed by atoms with Crippen molar-refractivity contribution in [1.82, 2.24) is 5.32 Å². The second-order valence-electron chi connectivity index (χ2n) is 9.28. The minimum atomic E-state index is -0.874. The predicted molar refractivity (Wildman–Crippen MR) is 165 cm³/mol. The van der Waals surface area contributed by atoms with Crippen LogP contribution in [0.25, 0.3) is 6.08 Å². The number of benzene rings is 4. The van der Waals surface area contributed by atoms with Crippen LogP contribution >= 0.6 is 34.8 Å². The van der Waals surface area contributed by atoms with Gasteiger partial charge in [0.25, 0.3) is 11.8 Å². The number of hydrogen-bond acceptors (Lipinski definition) is 6. The summed E-state index contributed by atoms with van der Waals surface area (Å²) < 4.78 is 17.1. The van der Waals surface area contributed by atoms with Gasteiger partial charge >= 0.3 is 6.03 Å². The lowest BCUT2D eigenvalue weighted by molar-refractivity contribution is -0.122. The largest absolute Gasteiger partial charge is 0.493 e. The minimum absolute atomic E-state index is 0.138. The lowest BCUT2D eigenvalue weighted by atomic mass is 10.1. The van der Waals surface area contributed by atoms with E-state index < -0.39 is 17.8 Å². The lowest BCUT2D eigenvalue weighted by Gasteiger charge is -2.26. The van der Waals surface area contributed by atoms with Gasteiger partial charge in [-0.3, -0.25) is 14.9 Å². The molecule has 218 valence electrons. The SMILES string of the molecule is COc1cc(/C=C2\C(=O)NC(=O)N(c3ccc(OCc4ccc(Cl)cc4)cc3)C2=O)cc(Cl)c1OCc1ccccc1Cl. The molecular formula is C32H23Cl3N2O6. The Balaban J connectivity index is 1.34. The van der Waals surface area contributed by atoms with E-state index in [0.29, 0.717) is 28.0 Å². The molecule has 0 atom stereocenters. The number of nitrogens with one attached hydrogen (secondary N) is 1. The lowest BCUT2D eigenvalue weighted by Crippen LogP contribution is -2.54. The van der Waals surface area contributed by atoms with E-state index in [4.69, 9.17) is 49.0 Å². The predicted octanol–water partition coefficient (Wildman–Crippen LogP) is 7.48. The zero-order valence-electron chi connectivity index (χ0n) is 22.6. The molecule has 43 heavy (non-hydrogen) atoms. The van der Waals surface area contributed by atoms with E-state index in [1.165, 1.54) is 19.3 Å². The van der Waals surface area contributed by atoms with Gasteiger partial charge in [-0.25, -0.2) is 9.69 Å². The maximum atomic E-state index is 13.4. The molecular weight excluding hydrogens is 615 g/mol. The third kappa shape index (κ3) is 6.94. The Morgan fingerprint density at radius 2 is 1.53 bits per heavy atom. The summed E-state index contributed by atoms with van der Waals surface area (Å²) in [5.74, 6) is -0.590.